The van der Waals surface area contributed by atoms with Crippen molar-refractivity contribution in [3.8, 4) is 0 Å². The summed E-state index contributed by atoms with van der Waals surface area (Å²) in [5, 5.41) is 0.843. The Hall–Kier alpha value is -1.29. The van der Waals surface area contributed by atoms with Crippen molar-refractivity contribution in [2.45, 2.75) is 39.5 Å². The summed E-state index contributed by atoms with van der Waals surface area (Å²) in [7, 11) is 0. The first-order valence-electron chi connectivity index (χ1n) is 7.12. The summed E-state index contributed by atoms with van der Waals surface area (Å²) >= 11 is 3.57. The molecule has 108 valence electrons. The van der Waals surface area contributed by atoms with Crippen molar-refractivity contribution in [2.24, 2.45) is 0 Å². The van der Waals surface area contributed by atoms with Crippen molar-refractivity contribution in [1.82, 2.24) is 0 Å². The van der Waals surface area contributed by atoms with Gasteiger partial charge in [-0.3, -0.25) is 4.79 Å². The topological polar surface area (TPSA) is 39.4 Å². The molecule has 1 aromatic heterocycles. The Morgan fingerprint density at radius 3 is 2.75 bits per heavy atom. The molecular weight excluding hydrogens is 320 g/mol. The molecule has 2 rings (SSSR count). The highest BCUT2D eigenvalue weighted by Gasteiger charge is 2.24. The van der Waals surface area contributed by atoms with Crippen LogP contribution in [0.3, 0.4) is 0 Å². The van der Waals surface area contributed by atoms with Crippen LogP contribution >= 0.6 is 15.9 Å². The molecule has 0 unspecified atom stereocenters. The third-order valence-corrected chi connectivity index (χ3v) is 3.74. The van der Waals surface area contributed by atoms with Crippen LogP contribution in [0.25, 0.3) is 11.0 Å². The summed E-state index contributed by atoms with van der Waals surface area (Å²) in [4.78, 5) is 11.8. The molecule has 1 aromatic carbocycles. The summed E-state index contributed by atoms with van der Waals surface area (Å²) < 4.78 is 19.5. The number of hydrogen-bond donors (Lipinski definition) is 0. The molecule has 0 fully saturated rings. The molecule has 0 atom stereocenters. The zero-order chi connectivity index (χ0) is 15.8. The first-order valence-corrected chi connectivity index (χ1v) is 7.41. The number of ether oxygens (including phenoxy) is 1. The zero-order valence-electron chi connectivity index (χ0n) is 13.2. The Kier molecular flexibility index (Phi) is 3.83. The molecule has 0 amide bonds. The van der Waals surface area contributed by atoms with Gasteiger partial charge in [-0.05, 0) is 30.0 Å². The molecule has 0 aliphatic rings. The van der Waals surface area contributed by atoms with Gasteiger partial charge in [0.15, 0.2) is 0 Å². The Morgan fingerprint density at radius 2 is 2.15 bits per heavy atom. The molecule has 0 aliphatic heterocycles. The van der Waals surface area contributed by atoms with Gasteiger partial charge < -0.3 is 9.15 Å². The first-order chi connectivity index (χ1) is 9.75. The third-order valence-electron chi connectivity index (χ3n) is 3.08. The van der Waals surface area contributed by atoms with Crippen molar-refractivity contribution in [3.05, 3.63) is 34.0 Å². The molecule has 0 aliphatic carbocycles. The SMILES string of the molecule is [2H]c1oc2ccc(Br)c(C(C)(C)C)c2c1CC(=O)OCC. The molecule has 3 nitrogen and oxygen atoms in total. The maximum atomic E-state index is 11.8. The van der Waals surface area contributed by atoms with Crippen LogP contribution in [0.15, 0.2) is 27.3 Å². The van der Waals surface area contributed by atoms with E-state index in [0.29, 0.717) is 17.8 Å². The number of halogens is 1. The van der Waals surface area contributed by atoms with E-state index in [0.717, 1.165) is 15.4 Å². The van der Waals surface area contributed by atoms with Gasteiger partial charge in [0, 0.05) is 15.4 Å². The minimum atomic E-state index is -0.339. The number of rotatable bonds is 3. The van der Waals surface area contributed by atoms with Gasteiger partial charge in [0.25, 0.3) is 0 Å². The number of carbonyl (C=O) groups excluding carboxylic acids is 1. The molecule has 0 radical (unpaired) electrons. The predicted octanol–water partition coefficient (Wildman–Crippen LogP) is 4.60. The number of fused-ring (bicyclic) bond motifs is 1. The lowest BCUT2D eigenvalue weighted by Crippen LogP contribution is -2.14. The second kappa shape index (κ2) is 5.60. The second-order valence-electron chi connectivity index (χ2n) is 5.71. The van der Waals surface area contributed by atoms with Crippen LogP contribution in [0.4, 0.5) is 0 Å². The minimum Gasteiger partial charge on any atom is -0.466 e. The van der Waals surface area contributed by atoms with Crippen LogP contribution in [0, 0.1) is 0 Å². The fourth-order valence-corrected chi connectivity index (χ4v) is 3.25. The minimum absolute atomic E-state index is 0.0293. The molecule has 4 heteroatoms. The Morgan fingerprint density at radius 1 is 1.45 bits per heavy atom. The molecule has 20 heavy (non-hydrogen) atoms. The van der Waals surface area contributed by atoms with E-state index < -0.39 is 0 Å². The van der Waals surface area contributed by atoms with Crippen molar-refractivity contribution in [1.29, 1.82) is 0 Å². The normalized spacial score (nSPS) is 12.6. The predicted molar refractivity (Wildman–Crippen MR) is 83.0 cm³/mol. The zero-order valence-corrected chi connectivity index (χ0v) is 13.8. The van der Waals surface area contributed by atoms with E-state index in [1.54, 1.807) is 6.92 Å². The maximum absolute atomic E-state index is 11.8. The summed E-state index contributed by atoms with van der Waals surface area (Å²) in [5.74, 6) is -0.339. The lowest BCUT2D eigenvalue weighted by atomic mass is 9.83. The lowest BCUT2D eigenvalue weighted by Gasteiger charge is -2.22. The number of benzene rings is 1. The van der Waals surface area contributed by atoms with Crippen LogP contribution < -0.4 is 0 Å². The molecule has 0 saturated carbocycles. The monoisotopic (exact) mass is 339 g/mol. The molecule has 0 spiro atoms. The number of esters is 1. The molecule has 1 heterocycles. The van der Waals surface area contributed by atoms with E-state index in [1.807, 2.05) is 12.1 Å². The standard InChI is InChI=1S/C16H19BrO3/c1-5-19-13(18)8-10-9-20-12-7-6-11(17)15(14(10)12)16(2,3)4/h6-7,9H,5,8H2,1-4H3/i9D. The summed E-state index contributed by atoms with van der Waals surface area (Å²) in [6.45, 7) is 8.38. The highest BCUT2D eigenvalue weighted by Crippen LogP contribution is 2.38. The third kappa shape index (κ3) is 2.90. The van der Waals surface area contributed by atoms with E-state index in [1.165, 1.54) is 0 Å². The quantitative estimate of drug-likeness (QED) is 0.767. The average molecular weight is 340 g/mol. The fraction of sp³-hybridized carbons (Fsp3) is 0.438. The van der Waals surface area contributed by atoms with E-state index in [2.05, 4.69) is 36.7 Å². The van der Waals surface area contributed by atoms with Crippen molar-refractivity contribution in [3.63, 3.8) is 0 Å². The Bertz CT molecular complexity index is 683. The van der Waals surface area contributed by atoms with Crippen LogP contribution in [0.2, 0.25) is 0 Å². The Balaban J connectivity index is 2.67. The van der Waals surface area contributed by atoms with E-state index >= 15 is 0 Å². The molecule has 0 bridgehead atoms. The van der Waals surface area contributed by atoms with E-state index in [-0.39, 0.29) is 24.0 Å². The van der Waals surface area contributed by atoms with Gasteiger partial charge in [-0.1, -0.05) is 36.7 Å². The summed E-state index contributed by atoms with van der Waals surface area (Å²) in [5.41, 5.74) is 2.13. The van der Waals surface area contributed by atoms with Gasteiger partial charge in [0.05, 0.1) is 19.3 Å². The van der Waals surface area contributed by atoms with Crippen molar-refractivity contribution in [2.75, 3.05) is 6.61 Å². The maximum Gasteiger partial charge on any atom is 0.310 e. The van der Waals surface area contributed by atoms with Gasteiger partial charge in [0.2, 0.25) is 0 Å². The average Bonchev–Trinajstić information content (AvgIpc) is 2.65. The number of hydrogen-bond acceptors (Lipinski definition) is 3. The number of furan rings is 1. The van der Waals surface area contributed by atoms with Gasteiger partial charge >= 0.3 is 5.97 Å². The Labute approximate surface area is 128 Å². The van der Waals surface area contributed by atoms with Gasteiger partial charge in [-0.15, -0.1) is 0 Å². The first kappa shape index (κ1) is 13.7. The van der Waals surface area contributed by atoms with E-state index in [9.17, 15) is 4.79 Å². The van der Waals surface area contributed by atoms with Crippen molar-refractivity contribution >= 4 is 32.9 Å². The van der Waals surface area contributed by atoms with Crippen LogP contribution in [-0.2, 0) is 21.4 Å². The largest absolute Gasteiger partial charge is 0.466 e. The molecule has 2 aromatic rings. The van der Waals surface area contributed by atoms with Crippen molar-refractivity contribution < 1.29 is 15.3 Å². The fourth-order valence-electron chi connectivity index (χ4n) is 2.32. The molecule has 0 saturated heterocycles. The summed E-state index contributed by atoms with van der Waals surface area (Å²) in [6, 6.07) is 3.74. The smallest absolute Gasteiger partial charge is 0.310 e. The molecule has 0 N–H and O–H groups in total. The van der Waals surface area contributed by atoms with E-state index in [4.69, 9.17) is 10.5 Å². The number of carbonyl (C=O) groups is 1. The van der Waals surface area contributed by atoms with Crippen LogP contribution in [-0.4, -0.2) is 12.6 Å². The lowest BCUT2D eigenvalue weighted by molar-refractivity contribution is -0.142. The van der Waals surface area contributed by atoms with Gasteiger partial charge in [-0.2, -0.15) is 0 Å². The van der Waals surface area contributed by atoms with Gasteiger partial charge in [-0.25, -0.2) is 0 Å². The highest BCUT2D eigenvalue weighted by atomic mass is 79.9. The van der Waals surface area contributed by atoms with Crippen LogP contribution in [0.1, 0.15) is 40.2 Å². The second-order valence-corrected chi connectivity index (χ2v) is 6.56. The molecular formula is C16H19BrO3. The highest BCUT2D eigenvalue weighted by molar-refractivity contribution is 9.10. The van der Waals surface area contributed by atoms with Gasteiger partial charge in [0.1, 0.15) is 6.95 Å². The summed E-state index contributed by atoms with van der Waals surface area (Å²) in [6.07, 6.45) is 0.0841. The van der Waals surface area contributed by atoms with Crippen LogP contribution in [0.5, 0.6) is 0 Å².